The normalized spacial score (nSPS) is 10.4. The van der Waals surface area contributed by atoms with Crippen molar-refractivity contribution >= 4 is 40.1 Å². The van der Waals surface area contributed by atoms with Crippen LogP contribution >= 0.6 is 22.6 Å². The van der Waals surface area contributed by atoms with Crippen LogP contribution in [0.25, 0.3) is 0 Å². The van der Waals surface area contributed by atoms with Crippen molar-refractivity contribution in [2.75, 3.05) is 25.6 Å². The molecule has 132 valence electrons. The van der Waals surface area contributed by atoms with Gasteiger partial charge < -0.3 is 15.4 Å². The molecule has 0 saturated heterocycles. The minimum absolute atomic E-state index is 0.137. The fraction of sp³-hybridized carbons (Fsp3) is 0.263. The summed E-state index contributed by atoms with van der Waals surface area (Å²) >= 11 is 2.21. The highest BCUT2D eigenvalue weighted by atomic mass is 127. The van der Waals surface area contributed by atoms with Crippen molar-refractivity contribution in [2.24, 2.45) is 0 Å². The number of carbonyl (C=O) groups is 2. The first-order valence-electron chi connectivity index (χ1n) is 7.96. The van der Waals surface area contributed by atoms with Gasteiger partial charge in [-0.3, -0.25) is 9.59 Å². The first-order chi connectivity index (χ1) is 12.0. The molecule has 0 saturated carbocycles. The van der Waals surface area contributed by atoms with Gasteiger partial charge in [0.05, 0.1) is 0 Å². The van der Waals surface area contributed by atoms with Crippen molar-refractivity contribution in [2.45, 2.75) is 13.3 Å². The lowest BCUT2D eigenvalue weighted by Crippen LogP contribution is -2.25. The van der Waals surface area contributed by atoms with Crippen LogP contribution in [0.2, 0.25) is 0 Å². The van der Waals surface area contributed by atoms with E-state index >= 15 is 0 Å². The smallest absolute Gasteiger partial charge is 0.255 e. The van der Waals surface area contributed by atoms with E-state index < -0.39 is 0 Å². The summed E-state index contributed by atoms with van der Waals surface area (Å²) in [6.45, 7) is 3.18. The number of nitrogens with one attached hydrogen (secondary N) is 2. The molecular weight excluding hydrogens is 431 g/mol. The zero-order valence-electron chi connectivity index (χ0n) is 14.3. The number of ether oxygens (including phenoxy) is 1. The van der Waals surface area contributed by atoms with Crippen LogP contribution in [0.5, 0.6) is 0 Å². The molecule has 0 aliphatic rings. The number of rotatable bonds is 7. The van der Waals surface area contributed by atoms with Crippen LogP contribution in [-0.2, 0) is 4.74 Å². The summed E-state index contributed by atoms with van der Waals surface area (Å²) in [5.74, 6) is -0.309. The molecule has 0 heterocycles. The topological polar surface area (TPSA) is 67.4 Å². The van der Waals surface area contributed by atoms with Crippen LogP contribution in [-0.4, -0.2) is 32.1 Å². The Kier molecular flexibility index (Phi) is 7.39. The van der Waals surface area contributed by atoms with E-state index in [9.17, 15) is 9.59 Å². The highest BCUT2D eigenvalue weighted by Gasteiger charge is 2.09. The second-order valence-corrected chi connectivity index (χ2v) is 6.76. The van der Waals surface area contributed by atoms with Crippen molar-refractivity contribution in [3.05, 3.63) is 62.7 Å². The molecule has 0 unspecified atom stereocenters. The first-order valence-corrected chi connectivity index (χ1v) is 9.04. The molecule has 0 bridgehead atoms. The number of hydrogen-bond acceptors (Lipinski definition) is 3. The molecule has 0 aliphatic carbocycles. The molecule has 25 heavy (non-hydrogen) atoms. The quantitative estimate of drug-likeness (QED) is 0.498. The summed E-state index contributed by atoms with van der Waals surface area (Å²) in [6.07, 6.45) is 0.770. The molecule has 2 aromatic carbocycles. The van der Waals surface area contributed by atoms with Crippen LogP contribution in [0.4, 0.5) is 5.69 Å². The third-order valence-corrected chi connectivity index (χ3v) is 4.81. The average molecular weight is 452 g/mol. The number of halogens is 1. The van der Waals surface area contributed by atoms with E-state index in [0.29, 0.717) is 30.0 Å². The Balaban J connectivity index is 1.94. The predicted octanol–water partition coefficient (Wildman–Crippen LogP) is 3.62. The standard InChI is InChI=1S/C19H21IN2O3/c1-13-4-5-15(12-17(13)20)19(24)22-16-8-6-14(7-9-16)18(23)21-10-3-11-25-2/h4-9,12H,3,10-11H2,1-2H3,(H,21,23)(H,22,24). The molecule has 0 spiro atoms. The fourth-order valence-electron chi connectivity index (χ4n) is 2.16. The van der Waals surface area contributed by atoms with Gasteiger partial charge in [0.15, 0.2) is 0 Å². The van der Waals surface area contributed by atoms with Crippen LogP contribution < -0.4 is 10.6 Å². The Morgan fingerprint density at radius 2 is 1.72 bits per heavy atom. The molecule has 2 rings (SSSR count). The summed E-state index contributed by atoms with van der Waals surface area (Å²) in [7, 11) is 1.63. The Labute approximate surface area is 161 Å². The van der Waals surface area contributed by atoms with Crippen molar-refractivity contribution in [3.63, 3.8) is 0 Å². The zero-order valence-corrected chi connectivity index (χ0v) is 16.4. The summed E-state index contributed by atoms with van der Waals surface area (Å²) in [5, 5.41) is 5.66. The van der Waals surface area contributed by atoms with Gasteiger partial charge in [-0.05, 0) is 77.9 Å². The minimum Gasteiger partial charge on any atom is -0.385 e. The lowest BCUT2D eigenvalue weighted by atomic mass is 10.1. The summed E-state index contributed by atoms with van der Waals surface area (Å²) < 4.78 is 5.99. The lowest BCUT2D eigenvalue weighted by Gasteiger charge is -2.08. The van der Waals surface area contributed by atoms with E-state index in [0.717, 1.165) is 15.6 Å². The van der Waals surface area contributed by atoms with Gasteiger partial charge in [0.1, 0.15) is 0 Å². The van der Waals surface area contributed by atoms with Crippen molar-refractivity contribution in [1.29, 1.82) is 0 Å². The van der Waals surface area contributed by atoms with Crippen LogP contribution in [0.1, 0.15) is 32.7 Å². The molecule has 0 fully saturated rings. The number of methoxy groups -OCH3 is 1. The van der Waals surface area contributed by atoms with Crippen molar-refractivity contribution < 1.29 is 14.3 Å². The van der Waals surface area contributed by atoms with E-state index in [1.807, 2.05) is 19.1 Å². The molecule has 6 heteroatoms. The molecule has 0 aromatic heterocycles. The number of anilines is 1. The molecule has 0 radical (unpaired) electrons. The lowest BCUT2D eigenvalue weighted by molar-refractivity contribution is 0.0948. The Bertz CT molecular complexity index is 745. The minimum atomic E-state index is -0.172. The van der Waals surface area contributed by atoms with E-state index in [2.05, 4.69) is 33.2 Å². The summed E-state index contributed by atoms with van der Waals surface area (Å²) in [6, 6.07) is 12.4. The second-order valence-electron chi connectivity index (χ2n) is 5.60. The fourth-order valence-corrected chi connectivity index (χ4v) is 2.68. The maximum Gasteiger partial charge on any atom is 0.255 e. The van der Waals surface area contributed by atoms with Gasteiger partial charge in [0, 0.05) is 40.6 Å². The summed E-state index contributed by atoms with van der Waals surface area (Å²) in [5.41, 5.74) is 2.95. The SMILES string of the molecule is COCCCNC(=O)c1ccc(NC(=O)c2ccc(C)c(I)c2)cc1. The average Bonchev–Trinajstić information content (AvgIpc) is 2.61. The van der Waals surface area contributed by atoms with Gasteiger partial charge in [-0.2, -0.15) is 0 Å². The zero-order chi connectivity index (χ0) is 18.2. The van der Waals surface area contributed by atoms with Gasteiger partial charge in [-0.15, -0.1) is 0 Å². The predicted molar refractivity (Wildman–Crippen MR) is 107 cm³/mol. The number of benzene rings is 2. The molecule has 5 nitrogen and oxygen atoms in total. The van der Waals surface area contributed by atoms with Gasteiger partial charge in [0.25, 0.3) is 11.8 Å². The monoisotopic (exact) mass is 452 g/mol. The van der Waals surface area contributed by atoms with Crippen molar-refractivity contribution in [3.8, 4) is 0 Å². The number of hydrogen-bond donors (Lipinski definition) is 2. The van der Waals surface area contributed by atoms with Gasteiger partial charge in [0.2, 0.25) is 0 Å². The third kappa shape index (κ3) is 5.82. The molecule has 2 N–H and O–H groups in total. The molecule has 2 aromatic rings. The van der Waals surface area contributed by atoms with E-state index in [4.69, 9.17) is 4.74 Å². The maximum absolute atomic E-state index is 12.3. The van der Waals surface area contributed by atoms with Gasteiger partial charge in [-0.1, -0.05) is 6.07 Å². The molecule has 2 amide bonds. The van der Waals surface area contributed by atoms with E-state index in [-0.39, 0.29) is 11.8 Å². The Morgan fingerprint density at radius 1 is 1.04 bits per heavy atom. The number of amides is 2. The summed E-state index contributed by atoms with van der Waals surface area (Å²) in [4.78, 5) is 24.3. The number of carbonyl (C=O) groups excluding carboxylic acids is 2. The van der Waals surface area contributed by atoms with Crippen LogP contribution in [0.15, 0.2) is 42.5 Å². The Hall–Kier alpha value is -1.93. The van der Waals surface area contributed by atoms with E-state index in [1.165, 1.54) is 0 Å². The van der Waals surface area contributed by atoms with Gasteiger partial charge in [-0.25, -0.2) is 0 Å². The second kappa shape index (κ2) is 9.53. The molecular formula is C19H21IN2O3. The molecule has 0 aliphatic heterocycles. The third-order valence-electron chi connectivity index (χ3n) is 3.65. The van der Waals surface area contributed by atoms with E-state index in [1.54, 1.807) is 37.4 Å². The molecule has 0 atom stereocenters. The number of aryl methyl sites for hydroxylation is 1. The highest BCUT2D eigenvalue weighted by Crippen LogP contribution is 2.16. The Morgan fingerprint density at radius 3 is 2.36 bits per heavy atom. The largest absolute Gasteiger partial charge is 0.385 e. The van der Waals surface area contributed by atoms with Crippen molar-refractivity contribution in [1.82, 2.24) is 5.32 Å². The van der Waals surface area contributed by atoms with Gasteiger partial charge >= 0.3 is 0 Å². The van der Waals surface area contributed by atoms with Crippen LogP contribution in [0.3, 0.4) is 0 Å². The highest BCUT2D eigenvalue weighted by molar-refractivity contribution is 14.1. The first kappa shape index (κ1) is 19.4. The maximum atomic E-state index is 12.3. The van der Waals surface area contributed by atoms with Crippen LogP contribution in [0, 0.1) is 10.5 Å².